The molecule has 0 saturated carbocycles. The van der Waals surface area contributed by atoms with E-state index in [4.69, 9.17) is 9.97 Å². The standard InChI is InChI=1S/C38H27N3S/c1-38(2)31-21-25(24-39)17-19-35(31)42-36-20-18-28(22-32(36)38)33-23-34(41-37(40-33)27-13-7-4-8-14-27)30-16-10-9-15-29(30)26-11-5-3-6-12-26/h3-23H,1-2H3. The Morgan fingerprint density at radius 1 is 0.571 bits per heavy atom. The third-order valence-corrected chi connectivity index (χ3v) is 9.15. The largest absolute Gasteiger partial charge is 0.228 e. The normalized spacial score (nSPS) is 13.1. The molecule has 0 bridgehead atoms. The summed E-state index contributed by atoms with van der Waals surface area (Å²) >= 11 is 1.77. The summed E-state index contributed by atoms with van der Waals surface area (Å²) in [7, 11) is 0. The van der Waals surface area contributed by atoms with Gasteiger partial charge in [0.2, 0.25) is 0 Å². The van der Waals surface area contributed by atoms with Crippen LogP contribution < -0.4 is 0 Å². The van der Waals surface area contributed by atoms with Gasteiger partial charge in [0, 0.05) is 31.9 Å². The lowest BCUT2D eigenvalue weighted by Crippen LogP contribution is -2.24. The summed E-state index contributed by atoms with van der Waals surface area (Å²) in [5, 5.41) is 9.56. The lowest BCUT2D eigenvalue weighted by Gasteiger charge is -2.35. The summed E-state index contributed by atoms with van der Waals surface area (Å²) in [6, 6.07) is 46.1. The molecular formula is C38H27N3S. The summed E-state index contributed by atoms with van der Waals surface area (Å²) in [4.78, 5) is 12.6. The van der Waals surface area contributed by atoms with Gasteiger partial charge >= 0.3 is 0 Å². The van der Waals surface area contributed by atoms with Crippen molar-refractivity contribution in [1.29, 1.82) is 5.26 Å². The quantitative estimate of drug-likeness (QED) is 0.216. The summed E-state index contributed by atoms with van der Waals surface area (Å²) in [6.45, 7) is 4.48. The van der Waals surface area contributed by atoms with Crippen LogP contribution in [0.4, 0.5) is 0 Å². The molecule has 1 aliphatic heterocycles. The molecule has 1 aliphatic rings. The molecule has 0 spiro atoms. The maximum Gasteiger partial charge on any atom is 0.160 e. The van der Waals surface area contributed by atoms with Crippen molar-refractivity contribution >= 4 is 11.8 Å². The molecule has 0 fully saturated rings. The number of aromatic nitrogens is 2. The third kappa shape index (κ3) is 4.59. The Balaban J connectivity index is 1.41. The maximum atomic E-state index is 9.56. The van der Waals surface area contributed by atoms with Crippen molar-refractivity contribution in [3.05, 3.63) is 144 Å². The number of hydrogen-bond acceptors (Lipinski definition) is 4. The van der Waals surface area contributed by atoms with E-state index in [1.807, 2.05) is 36.4 Å². The first kappa shape index (κ1) is 26.0. The van der Waals surface area contributed by atoms with E-state index in [9.17, 15) is 5.26 Å². The van der Waals surface area contributed by atoms with E-state index in [-0.39, 0.29) is 5.41 Å². The number of nitrogens with zero attached hydrogens (tertiary/aromatic N) is 3. The molecule has 0 atom stereocenters. The average Bonchev–Trinajstić information content (AvgIpc) is 3.05. The second-order valence-electron chi connectivity index (χ2n) is 11.0. The lowest BCUT2D eigenvalue weighted by atomic mass is 9.76. The molecule has 0 N–H and O–H groups in total. The fourth-order valence-electron chi connectivity index (χ4n) is 5.73. The molecule has 0 radical (unpaired) electrons. The Morgan fingerprint density at radius 2 is 1.17 bits per heavy atom. The van der Waals surface area contributed by atoms with Crippen LogP contribution in [0.2, 0.25) is 0 Å². The van der Waals surface area contributed by atoms with E-state index < -0.39 is 0 Å². The van der Waals surface area contributed by atoms with Gasteiger partial charge in [-0.1, -0.05) is 117 Å². The summed E-state index contributed by atoms with van der Waals surface area (Å²) in [5.41, 5.74) is 9.97. The van der Waals surface area contributed by atoms with Crippen LogP contribution in [0.25, 0.3) is 45.0 Å². The molecule has 0 unspecified atom stereocenters. The van der Waals surface area contributed by atoms with Crippen molar-refractivity contribution in [1.82, 2.24) is 9.97 Å². The van der Waals surface area contributed by atoms with E-state index in [1.54, 1.807) is 11.8 Å². The minimum absolute atomic E-state index is 0.267. The van der Waals surface area contributed by atoms with E-state index in [1.165, 1.54) is 20.9 Å². The van der Waals surface area contributed by atoms with Gasteiger partial charge in [-0.15, -0.1) is 0 Å². The van der Waals surface area contributed by atoms with Crippen LogP contribution >= 0.6 is 11.8 Å². The van der Waals surface area contributed by atoms with Crippen molar-refractivity contribution in [3.8, 4) is 51.1 Å². The molecule has 4 heteroatoms. The smallest absolute Gasteiger partial charge is 0.160 e. The maximum absolute atomic E-state index is 9.56. The Bertz CT molecular complexity index is 1990. The molecule has 0 aliphatic carbocycles. The van der Waals surface area contributed by atoms with E-state index in [2.05, 4.69) is 111 Å². The number of hydrogen-bond donors (Lipinski definition) is 0. The van der Waals surface area contributed by atoms with Gasteiger partial charge in [0.25, 0.3) is 0 Å². The molecule has 3 nitrogen and oxygen atoms in total. The van der Waals surface area contributed by atoms with Crippen molar-refractivity contribution in [2.24, 2.45) is 0 Å². The molecule has 0 saturated heterocycles. The third-order valence-electron chi connectivity index (χ3n) is 8.00. The summed E-state index contributed by atoms with van der Waals surface area (Å²) in [5.74, 6) is 0.696. The van der Waals surface area contributed by atoms with Gasteiger partial charge < -0.3 is 0 Å². The van der Waals surface area contributed by atoms with Crippen LogP contribution in [0.15, 0.2) is 137 Å². The van der Waals surface area contributed by atoms with Crippen LogP contribution in [0, 0.1) is 11.3 Å². The van der Waals surface area contributed by atoms with Gasteiger partial charge in [0.1, 0.15) is 0 Å². The second-order valence-corrected chi connectivity index (χ2v) is 12.1. The summed E-state index contributed by atoms with van der Waals surface area (Å²) in [6.07, 6.45) is 0. The zero-order valence-corrected chi connectivity index (χ0v) is 24.2. The van der Waals surface area contributed by atoms with Gasteiger partial charge in [-0.3, -0.25) is 0 Å². The Kier molecular flexibility index (Phi) is 6.46. The summed E-state index contributed by atoms with van der Waals surface area (Å²) < 4.78 is 0. The highest BCUT2D eigenvalue weighted by Crippen LogP contribution is 2.50. The van der Waals surface area contributed by atoms with Gasteiger partial charge in [0.05, 0.1) is 23.0 Å². The zero-order valence-electron chi connectivity index (χ0n) is 23.4. The highest BCUT2D eigenvalue weighted by molar-refractivity contribution is 7.99. The molecule has 2 heterocycles. The van der Waals surface area contributed by atoms with Crippen LogP contribution in [-0.4, -0.2) is 9.97 Å². The Morgan fingerprint density at radius 3 is 1.88 bits per heavy atom. The first-order valence-electron chi connectivity index (χ1n) is 14.0. The second kappa shape index (κ2) is 10.4. The van der Waals surface area contributed by atoms with Gasteiger partial charge in [0.15, 0.2) is 5.82 Å². The van der Waals surface area contributed by atoms with Gasteiger partial charge in [-0.2, -0.15) is 5.26 Å². The number of nitriles is 1. The SMILES string of the molecule is CC1(C)c2cc(C#N)ccc2Sc2ccc(-c3cc(-c4ccccc4-c4ccccc4)nc(-c4ccccc4)n3)cc21. The number of benzene rings is 5. The van der Waals surface area contributed by atoms with Crippen molar-refractivity contribution in [3.63, 3.8) is 0 Å². The fourth-order valence-corrected chi connectivity index (χ4v) is 7.09. The molecule has 42 heavy (non-hydrogen) atoms. The minimum atomic E-state index is -0.267. The van der Waals surface area contributed by atoms with Gasteiger partial charge in [-0.05, 0) is 58.7 Å². The first-order chi connectivity index (χ1) is 20.5. The molecule has 7 rings (SSSR count). The highest BCUT2D eigenvalue weighted by atomic mass is 32.2. The van der Waals surface area contributed by atoms with E-state index >= 15 is 0 Å². The Labute approximate surface area is 250 Å². The minimum Gasteiger partial charge on any atom is -0.228 e. The molecule has 0 amide bonds. The number of fused-ring (bicyclic) bond motifs is 2. The van der Waals surface area contributed by atoms with Crippen LogP contribution in [0.5, 0.6) is 0 Å². The first-order valence-corrected chi connectivity index (χ1v) is 14.8. The van der Waals surface area contributed by atoms with Crippen LogP contribution in [-0.2, 0) is 5.41 Å². The topological polar surface area (TPSA) is 49.6 Å². The average molecular weight is 558 g/mol. The zero-order chi connectivity index (χ0) is 28.7. The molecule has 5 aromatic carbocycles. The van der Waals surface area contributed by atoms with Gasteiger partial charge in [-0.25, -0.2) is 9.97 Å². The van der Waals surface area contributed by atoms with Crippen molar-refractivity contribution in [2.75, 3.05) is 0 Å². The molecule has 1 aromatic heterocycles. The predicted octanol–water partition coefficient (Wildman–Crippen LogP) is 9.81. The van der Waals surface area contributed by atoms with Crippen molar-refractivity contribution < 1.29 is 0 Å². The molecular weight excluding hydrogens is 531 g/mol. The van der Waals surface area contributed by atoms with Crippen LogP contribution in [0.3, 0.4) is 0 Å². The van der Waals surface area contributed by atoms with E-state index in [0.29, 0.717) is 11.4 Å². The highest BCUT2D eigenvalue weighted by Gasteiger charge is 2.33. The molecule has 6 aromatic rings. The van der Waals surface area contributed by atoms with E-state index in [0.717, 1.165) is 39.2 Å². The number of rotatable bonds is 4. The van der Waals surface area contributed by atoms with Crippen LogP contribution in [0.1, 0.15) is 30.5 Å². The fraction of sp³-hybridized carbons (Fsp3) is 0.0789. The van der Waals surface area contributed by atoms with Crippen molar-refractivity contribution in [2.45, 2.75) is 29.1 Å². The monoisotopic (exact) mass is 557 g/mol. The Hall–Kier alpha value is -4.98. The lowest BCUT2D eigenvalue weighted by molar-refractivity contribution is 0.607. The predicted molar refractivity (Wildman–Crippen MR) is 171 cm³/mol. The molecule has 200 valence electrons.